The molecule has 3 amide bonds. The highest BCUT2D eigenvalue weighted by atomic mass is 16.2. The smallest absolute Gasteiger partial charge is 0.312 e. The summed E-state index contributed by atoms with van der Waals surface area (Å²) in [5, 5.41) is 7.17. The number of hydrogen-bond donors (Lipinski definition) is 2. The minimum Gasteiger partial charge on any atom is -0.352 e. The molecule has 1 fully saturated rings. The minimum atomic E-state index is -0.518. The summed E-state index contributed by atoms with van der Waals surface area (Å²) < 4.78 is 1.84. The highest BCUT2D eigenvalue weighted by molar-refractivity contribution is 5.95. The molecule has 7 heteroatoms. The van der Waals surface area contributed by atoms with Gasteiger partial charge in [0, 0.05) is 30.3 Å². The second-order valence-electron chi connectivity index (χ2n) is 7.12. The normalized spacial score (nSPS) is 14.6. The first-order valence-electron chi connectivity index (χ1n) is 9.67. The van der Waals surface area contributed by atoms with Gasteiger partial charge in [0.15, 0.2) is 0 Å². The van der Waals surface area contributed by atoms with Crippen molar-refractivity contribution in [2.24, 2.45) is 5.73 Å². The van der Waals surface area contributed by atoms with Crippen LogP contribution >= 0.6 is 0 Å². The number of benzene rings is 2. The third kappa shape index (κ3) is 4.13. The maximum atomic E-state index is 13.0. The summed E-state index contributed by atoms with van der Waals surface area (Å²) in [6.07, 6.45) is 3.16. The van der Waals surface area contributed by atoms with Gasteiger partial charge in [-0.05, 0) is 37.1 Å². The van der Waals surface area contributed by atoms with Crippen LogP contribution in [0, 0.1) is 0 Å². The molecule has 4 rings (SSSR count). The standard InChI is InChI=1S/C22H23N5O2/c23-22(29)25-18-10-13-26(14-11-18)21(28)17-7-4-8-19(15-17)27-20(9-12-24-27)16-5-2-1-3-6-16/h1-9,12,15,18H,10-11,13-14H2,(H3,23,25,29). The van der Waals surface area contributed by atoms with Crippen molar-refractivity contribution in [1.82, 2.24) is 20.0 Å². The summed E-state index contributed by atoms with van der Waals surface area (Å²) in [5.74, 6) is -0.0159. The number of piperidine rings is 1. The molecule has 0 atom stereocenters. The van der Waals surface area contributed by atoms with Gasteiger partial charge >= 0.3 is 6.03 Å². The van der Waals surface area contributed by atoms with Crippen LogP contribution in [-0.2, 0) is 0 Å². The van der Waals surface area contributed by atoms with E-state index in [0.29, 0.717) is 31.5 Å². The van der Waals surface area contributed by atoms with Crippen molar-refractivity contribution in [2.75, 3.05) is 13.1 Å². The first-order chi connectivity index (χ1) is 14.1. The van der Waals surface area contributed by atoms with Crippen molar-refractivity contribution in [1.29, 1.82) is 0 Å². The summed E-state index contributed by atoms with van der Waals surface area (Å²) >= 11 is 0. The zero-order valence-electron chi connectivity index (χ0n) is 16.0. The van der Waals surface area contributed by atoms with Crippen LogP contribution in [-0.4, -0.2) is 45.8 Å². The van der Waals surface area contributed by atoms with Crippen LogP contribution in [0.2, 0.25) is 0 Å². The number of likely N-dealkylation sites (tertiary alicyclic amines) is 1. The number of urea groups is 1. The molecule has 29 heavy (non-hydrogen) atoms. The first kappa shape index (κ1) is 18.7. The molecule has 148 valence electrons. The lowest BCUT2D eigenvalue weighted by atomic mass is 10.0. The van der Waals surface area contributed by atoms with E-state index in [1.165, 1.54) is 0 Å². The van der Waals surface area contributed by atoms with Gasteiger partial charge in [-0.3, -0.25) is 4.79 Å². The van der Waals surface area contributed by atoms with Crippen molar-refractivity contribution in [2.45, 2.75) is 18.9 Å². The number of carbonyl (C=O) groups is 2. The van der Waals surface area contributed by atoms with Crippen LogP contribution in [0.15, 0.2) is 66.9 Å². The Labute approximate surface area is 169 Å². The lowest BCUT2D eigenvalue weighted by Crippen LogP contribution is -2.47. The lowest BCUT2D eigenvalue weighted by Gasteiger charge is -2.32. The number of nitrogens with one attached hydrogen (secondary N) is 1. The molecule has 0 radical (unpaired) electrons. The molecule has 0 aliphatic carbocycles. The molecule has 2 heterocycles. The van der Waals surface area contributed by atoms with E-state index in [0.717, 1.165) is 16.9 Å². The van der Waals surface area contributed by atoms with Crippen LogP contribution < -0.4 is 11.1 Å². The quantitative estimate of drug-likeness (QED) is 0.718. The maximum absolute atomic E-state index is 13.0. The second-order valence-corrected chi connectivity index (χ2v) is 7.12. The SMILES string of the molecule is NC(=O)NC1CCN(C(=O)c2cccc(-n3nccc3-c3ccccc3)c2)CC1. The minimum absolute atomic E-state index is 0.0159. The molecule has 2 aromatic carbocycles. The Morgan fingerprint density at radius 1 is 1.00 bits per heavy atom. The molecule has 1 aromatic heterocycles. The number of primary amides is 1. The van der Waals surface area contributed by atoms with E-state index < -0.39 is 6.03 Å². The number of aromatic nitrogens is 2. The van der Waals surface area contributed by atoms with E-state index in [9.17, 15) is 9.59 Å². The molecule has 0 bridgehead atoms. The average molecular weight is 389 g/mol. The van der Waals surface area contributed by atoms with Crippen LogP contribution in [0.4, 0.5) is 4.79 Å². The summed E-state index contributed by atoms with van der Waals surface area (Å²) in [6.45, 7) is 1.18. The van der Waals surface area contributed by atoms with Gasteiger partial charge in [0.25, 0.3) is 5.91 Å². The molecule has 0 spiro atoms. The van der Waals surface area contributed by atoms with Crippen molar-refractivity contribution in [3.8, 4) is 16.9 Å². The number of hydrogen-bond acceptors (Lipinski definition) is 3. The number of nitrogens with zero attached hydrogens (tertiary/aromatic N) is 3. The van der Waals surface area contributed by atoms with Crippen LogP contribution in [0.25, 0.3) is 16.9 Å². The fourth-order valence-corrected chi connectivity index (χ4v) is 3.72. The lowest BCUT2D eigenvalue weighted by molar-refractivity contribution is 0.0708. The second kappa shape index (κ2) is 8.18. The van der Waals surface area contributed by atoms with Gasteiger partial charge in [-0.15, -0.1) is 0 Å². The molecule has 7 nitrogen and oxygen atoms in total. The molecule has 1 aliphatic heterocycles. The van der Waals surface area contributed by atoms with E-state index in [2.05, 4.69) is 10.4 Å². The average Bonchev–Trinajstić information content (AvgIpc) is 3.24. The molecular weight excluding hydrogens is 366 g/mol. The first-order valence-corrected chi connectivity index (χ1v) is 9.67. The van der Waals surface area contributed by atoms with E-state index in [1.807, 2.05) is 70.2 Å². The molecule has 0 saturated carbocycles. The Morgan fingerprint density at radius 2 is 1.76 bits per heavy atom. The molecule has 3 N–H and O–H groups in total. The van der Waals surface area contributed by atoms with Gasteiger partial charge in [-0.25, -0.2) is 9.48 Å². The van der Waals surface area contributed by atoms with E-state index in [4.69, 9.17) is 5.73 Å². The topological polar surface area (TPSA) is 93.3 Å². The fraction of sp³-hybridized carbons (Fsp3) is 0.227. The van der Waals surface area contributed by atoms with Crippen molar-refractivity contribution in [3.05, 3.63) is 72.4 Å². The fourth-order valence-electron chi connectivity index (χ4n) is 3.72. The zero-order valence-corrected chi connectivity index (χ0v) is 16.0. The number of rotatable bonds is 4. The molecule has 1 saturated heterocycles. The number of carbonyl (C=O) groups excluding carboxylic acids is 2. The van der Waals surface area contributed by atoms with Crippen LogP contribution in [0.5, 0.6) is 0 Å². The Morgan fingerprint density at radius 3 is 2.48 bits per heavy atom. The third-order valence-electron chi connectivity index (χ3n) is 5.18. The van der Waals surface area contributed by atoms with Gasteiger partial charge in [0.1, 0.15) is 0 Å². The maximum Gasteiger partial charge on any atom is 0.312 e. The van der Waals surface area contributed by atoms with Crippen molar-refractivity contribution < 1.29 is 9.59 Å². The van der Waals surface area contributed by atoms with Crippen LogP contribution in [0.3, 0.4) is 0 Å². The monoisotopic (exact) mass is 389 g/mol. The summed E-state index contributed by atoms with van der Waals surface area (Å²) in [4.78, 5) is 25.8. The summed E-state index contributed by atoms with van der Waals surface area (Å²) in [6, 6.07) is 19.0. The Balaban J connectivity index is 1.53. The molecule has 0 unspecified atom stereocenters. The molecule has 1 aliphatic rings. The Bertz CT molecular complexity index is 1010. The van der Waals surface area contributed by atoms with Crippen molar-refractivity contribution in [3.63, 3.8) is 0 Å². The van der Waals surface area contributed by atoms with Gasteiger partial charge in [0.2, 0.25) is 0 Å². The predicted molar refractivity (Wildman–Crippen MR) is 111 cm³/mol. The van der Waals surface area contributed by atoms with Gasteiger partial charge in [0.05, 0.1) is 17.6 Å². The number of nitrogens with two attached hydrogens (primary N) is 1. The summed E-state index contributed by atoms with van der Waals surface area (Å²) in [7, 11) is 0. The molecular formula is C22H23N5O2. The van der Waals surface area contributed by atoms with Crippen molar-refractivity contribution >= 4 is 11.9 Å². The number of amides is 3. The zero-order chi connectivity index (χ0) is 20.2. The summed E-state index contributed by atoms with van der Waals surface area (Å²) in [5.41, 5.74) is 8.68. The van der Waals surface area contributed by atoms with E-state index in [1.54, 1.807) is 6.20 Å². The van der Waals surface area contributed by atoms with Gasteiger partial charge in [-0.2, -0.15) is 5.10 Å². The van der Waals surface area contributed by atoms with Crippen LogP contribution in [0.1, 0.15) is 23.2 Å². The highest BCUT2D eigenvalue weighted by Crippen LogP contribution is 2.23. The largest absolute Gasteiger partial charge is 0.352 e. The highest BCUT2D eigenvalue weighted by Gasteiger charge is 2.24. The van der Waals surface area contributed by atoms with Gasteiger partial charge < -0.3 is 16.0 Å². The van der Waals surface area contributed by atoms with Gasteiger partial charge in [-0.1, -0.05) is 36.4 Å². The molecule has 3 aromatic rings. The third-order valence-corrected chi connectivity index (χ3v) is 5.18. The van der Waals surface area contributed by atoms with E-state index in [-0.39, 0.29) is 11.9 Å². The van der Waals surface area contributed by atoms with E-state index >= 15 is 0 Å². The Hall–Kier alpha value is -3.61. The predicted octanol–water partition coefficient (Wildman–Crippen LogP) is 2.81. The Kier molecular flexibility index (Phi) is 5.29.